The summed E-state index contributed by atoms with van der Waals surface area (Å²) in [5.41, 5.74) is 5.62. The second-order valence-corrected chi connectivity index (χ2v) is 2.97. The van der Waals surface area contributed by atoms with Crippen molar-refractivity contribution in [3.05, 3.63) is 6.92 Å². The molecular formula is C6H14N. The molecule has 2 N–H and O–H groups in total. The van der Waals surface area contributed by atoms with Crippen LogP contribution in [0.4, 0.5) is 0 Å². The van der Waals surface area contributed by atoms with Crippen molar-refractivity contribution in [3.8, 4) is 0 Å². The van der Waals surface area contributed by atoms with Gasteiger partial charge in [0.05, 0.1) is 0 Å². The summed E-state index contributed by atoms with van der Waals surface area (Å²) < 4.78 is 0. The Morgan fingerprint density at radius 3 is 1.57 bits per heavy atom. The van der Waals surface area contributed by atoms with Crippen molar-refractivity contribution in [1.82, 2.24) is 0 Å². The summed E-state index contributed by atoms with van der Waals surface area (Å²) in [5, 5.41) is 0. The number of rotatable bonds is 0. The molecule has 0 rings (SSSR count). The molecule has 1 radical (unpaired) electrons. The highest BCUT2D eigenvalue weighted by molar-refractivity contribution is 4.77. The van der Waals surface area contributed by atoms with Crippen molar-refractivity contribution >= 4 is 0 Å². The maximum absolute atomic E-state index is 5.46. The summed E-state index contributed by atoms with van der Waals surface area (Å²) >= 11 is 0. The van der Waals surface area contributed by atoms with Crippen LogP contribution in [-0.2, 0) is 0 Å². The molecule has 43 valence electrons. The average Bonchev–Trinajstić information content (AvgIpc) is 1.31. The minimum atomic E-state index is 0.0486. The lowest BCUT2D eigenvalue weighted by Crippen LogP contribution is -2.31. The second-order valence-electron chi connectivity index (χ2n) is 2.97. The van der Waals surface area contributed by atoms with Crippen LogP contribution in [-0.4, -0.2) is 6.04 Å². The van der Waals surface area contributed by atoms with Crippen molar-refractivity contribution in [2.75, 3.05) is 0 Å². The van der Waals surface area contributed by atoms with Crippen LogP contribution in [0.2, 0.25) is 0 Å². The van der Waals surface area contributed by atoms with E-state index in [1.807, 2.05) is 0 Å². The number of hydrogen-bond acceptors (Lipinski definition) is 1. The molecule has 0 heterocycles. The molecule has 0 aromatic rings. The molecule has 0 aromatic carbocycles. The van der Waals surface area contributed by atoms with Gasteiger partial charge in [-0.05, 0) is 12.3 Å². The molecular weight excluding hydrogens is 86.1 g/mol. The maximum atomic E-state index is 5.46. The smallest absolute Gasteiger partial charge is 0.00882 e. The van der Waals surface area contributed by atoms with E-state index in [0.29, 0.717) is 0 Å². The predicted molar refractivity (Wildman–Crippen MR) is 32.8 cm³/mol. The van der Waals surface area contributed by atoms with Crippen molar-refractivity contribution < 1.29 is 0 Å². The quantitative estimate of drug-likeness (QED) is 0.486. The SMILES string of the molecule is [CH2]C(N)C(C)(C)C. The second kappa shape index (κ2) is 1.83. The van der Waals surface area contributed by atoms with Crippen LogP contribution in [0.15, 0.2) is 0 Å². The zero-order valence-corrected chi connectivity index (χ0v) is 5.36. The van der Waals surface area contributed by atoms with Gasteiger partial charge < -0.3 is 5.73 Å². The van der Waals surface area contributed by atoms with Crippen LogP contribution in [0.1, 0.15) is 20.8 Å². The molecule has 1 nitrogen and oxygen atoms in total. The Hall–Kier alpha value is -0.0400. The Bertz CT molecular complexity index is 49.7. The molecule has 0 aliphatic carbocycles. The van der Waals surface area contributed by atoms with Crippen molar-refractivity contribution in [1.29, 1.82) is 0 Å². The van der Waals surface area contributed by atoms with Crippen LogP contribution < -0.4 is 5.73 Å². The van der Waals surface area contributed by atoms with Crippen LogP contribution in [0, 0.1) is 12.3 Å². The summed E-state index contributed by atoms with van der Waals surface area (Å²) in [6.07, 6.45) is 0. The summed E-state index contributed by atoms with van der Waals surface area (Å²) in [5.74, 6) is 0. The molecule has 0 aromatic heterocycles. The van der Waals surface area contributed by atoms with E-state index in [4.69, 9.17) is 5.73 Å². The molecule has 0 aliphatic heterocycles. The van der Waals surface area contributed by atoms with E-state index in [9.17, 15) is 0 Å². The fraction of sp³-hybridized carbons (Fsp3) is 0.833. The monoisotopic (exact) mass is 100 g/mol. The molecule has 1 unspecified atom stereocenters. The third-order valence-corrected chi connectivity index (χ3v) is 1.11. The molecule has 0 fully saturated rings. The number of nitrogens with two attached hydrogens (primary N) is 1. The number of hydrogen-bond donors (Lipinski definition) is 1. The maximum Gasteiger partial charge on any atom is 0.00882 e. The molecule has 1 heteroatoms. The summed E-state index contributed by atoms with van der Waals surface area (Å²) in [7, 11) is 0. The highest BCUT2D eigenvalue weighted by Gasteiger charge is 2.14. The van der Waals surface area contributed by atoms with E-state index in [1.54, 1.807) is 0 Å². The first-order valence-corrected chi connectivity index (χ1v) is 2.53. The van der Waals surface area contributed by atoms with Crippen LogP contribution >= 0.6 is 0 Å². The van der Waals surface area contributed by atoms with E-state index in [0.717, 1.165) is 0 Å². The van der Waals surface area contributed by atoms with Gasteiger partial charge in [0.2, 0.25) is 0 Å². The fourth-order valence-electron chi connectivity index (χ4n) is 0. The molecule has 7 heavy (non-hydrogen) atoms. The third kappa shape index (κ3) is 2.63. The Kier molecular flexibility index (Phi) is 1.82. The minimum Gasteiger partial charge on any atom is -0.327 e. The molecule has 0 saturated heterocycles. The Balaban J connectivity index is 3.54. The standard InChI is InChI=1S/C6H14N/c1-5(7)6(2,3)4/h5H,1,7H2,2-4H3. The molecule has 0 spiro atoms. The first kappa shape index (κ1) is 6.96. The lowest BCUT2D eigenvalue weighted by Gasteiger charge is -2.22. The Labute approximate surface area is 45.9 Å². The predicted octanol–water partition coefficient (Wildman–Crippen LogP) is 1.19. The fourth-order valence-corrected chi connectivity index (χ4v) is 0. The highest BCUT2D eigenvalue weighted by atomic mass is 14.6. The van der Waals surface area contributed by atoms with E-state index in [2.05, 4.69) is 27.7 Å². The first-order valence-electron chi connectivity index (χ1n) is 2.53. The van der Waals surface area contributed by atoms with Crippen molar-refractivity contribution in [2.24, 2.45) is 11.1 Å². The molecule has 0 bridgehead atoms. The van der Waals surface area contributed by atoms with E-state index in [1.165, 1.54) is 0 Å². The molecule has 0 amide bonds. The third-order valence-electron chi connectivity index (χ3n) is 1.11. The van der Waals surface area contributed by atoms with Crippen molar-refractivity contribution in [3.63, 3.8) is 0 Å². The Morgan fingerprint density at radius 1 is 1.43 bits per heavy atom. The largest absolute Gasteiger partial charge is 0.327 e. The van der Waals surface area contributed by atoms with Gasteiger partial charge in [-0.25, -0.2) is 0 Å². The average molecular weight is 100 g/mol. The van der Waals surface area contributed by atoms with Gasteiger partial charge in [0, 0.05) is 6.04 Å². The van der Waals surface area contributed by atoms with Gasteiger partial charge in [-0.1, -0.05) is 20.8 Å². The Morgan fingerprint density at radius 2 is 1.57 bits per heavy atom. The van der Waals surface area contributed by atoms with Crippen LogP contribution in [0.25, 0.3) is 0 Å². The zero-order chi connectivity index (χ0) is 6.08. The van der Waals surface area contributed by atoms with Gasteiger partial charge in [-0.2, -0.15) is 0 Å². The lowest BCUT2D eigenvalue weighted by molar-refractivity contribution is 0.364. The lowest BCUT2D eigenvalue weighted by atomic mass is 9.89. The first-order chi connectivity index (χ1) is 2.94. The molecule has 1 atom stereocenters. The molecule has 0 aliphatic rings. The van der Waals surface area contributed by atoms with Gasteiger partial charge in [0.25, 0.3) is 0 Å². The van der Waals surface area contributed by atoms with Crippen LogP contribution in [0.5, 0.6) is 0 Å². The summed E-state index contributed by atoms with van der Waals surface area (Å²) in [4.78, 5) is 0. The topological polar surface area (TPSA) is 26.0 Å². The highest BCUT2D eigenvalue weighted by Crippen LogP contribution is 2.15. The van der Waals surface area contributed by atoms with E-state index >= 15 is 0 Å². The van der Waals surface area contributed by atoms with Gasteiger partial charge in [-0.3, -0.25) is 0 Å². The summed E-state index contributed by atoms with van der Waals surface area (Å²) in [6.45, 7) is 9.91. The zero-order valence-electron chi connectivity index (χ0n) is 5.36. The van der Waals surface area contributed by atoms with Crippen LogP contribution in [0.3, 0.4) is 0 Å². The van der Waals surface area contributed by atoms with E-state index in [-0.39, 0.29) is 11.5 Å². The summed E-state index contributed by atoms with van der Waals surface area (Å²) in [6, 6.07) is 0.0486. The minimum absolute atomic E-state index is 0.0486. The van der Waals surface area contributed by atoms with Gasteiger partial charge in [0.15, 0.2) is 0 Å². The molecule has 0 saturated carbocycles. The van der Waals surface area contributed by atoms with Gasteiger partial charge in [0.1, 0.15) is 0 Å². The van der Waals surface area contributed by atoms with Gasteiger partial charge >= 0.3 is 0 Å². The van der Waals surface area contributed by atoms with E-state index < -0.39 is 0 Å². The normalized spacial score (nSPS) is 16.7. The van der Waals surface area contributed by atoms with Crippen molar-refractivity contribution in [2.45, 2.75) is 26.8 Å². The van der Waals surface area contributed by atoms with Gasteiger partial charge in [-0.15, -0.1) is 0 Å².